The van der Waals surface area contributed by atoms with Gasteiger partial charge in [0.15, 0.2) is 0 Å². The first-order valence-electron chi connectivity index (χ1n) is 4.08. The summed E-state index contributed by atoms with van der Waals surface area (Å²) in [6, 6.07) is 2.50. The van der Waals surface area contributed by atoms with Crippen molar-refractivity contribution in [1.29, 1.82) is 0 Å². The van der Waals surface area contributed by atoms with E-state index in [9.17, 15) is 23.1 Å². The predicted molar refractivity (Wildman–Crippen MR) is 54.0 cm³/mol. The van der Waals surface area contributed by atoms with Gasteiger partial charge in [0.2, 0.25) is 0 Å². The molecule has 0 aliphatic carbocycles. The van der Waals surface area contributed by atoms with Crippen LogP contribution in [0, 0.1) is 0 Å². The van der Waals surface area contributed by atoms with Crippen molar-refractivity contribution >= 4 is 29.2 Å². The van der Waals surface area contributed by atoms with Crippen molar-refractivity contribution in [3.8, 4) is 0 Å². The summed E-state index contributed by atoms with van der Waals surface area (Å²) in [5.41, 5.74) is -4.99. The molecule has 0 aliphatic rings. The first-order chi connectivity index (χ1) is 7.59. The topological polar surface area (TPSA) is 57.5 Å². The van der Waals surface area contributed by atoms with Crippen LogP contribution in [0.3, 0.4) is 0 Å². The Balaban J connectivity index is 3.49. The molecule has 0 amide bonds. The van der Waals surface area contributed by atoms with E-state index < -0.39 is 23.3 Å². The van der Waals surface area contributed by atoms with E-state index in [4.69, 9.17) is 28.3 Å². The van der Waals surface area contributed by atoms with Gasteiger partial charge in [0.25, 0.3) is 5.60 Å². The van der Waals surface area contributed by atoms with Gasteiger partial charge in [0.1, 0.15) is 0 Å². The fraction of sp³-hybridized carbons (Fsp3) is 0.222. The Bertz CT molecular complexity index is 441. The zero-order valence-electron chi connectivity index (χ0n) is 7.92. The summed E-state index contributed by atoms with van der Waals surface area (Å²) in [4.78, 5) is 10.6. The Kier molecular flexibility index (Phi) is 3.61. The van der Waals surface area contributed by atoms with Gasteiger partial charge in [-0.2, -0.15) is 13.2 Å². The molecule has 0 heterocycles. The van der Waals surface area contributed by atoms with Crippen LogP contribution in [-0.4, -0.2) is 22.4 Å². The minimum Gasteiger partial charge on any atom is -0.479 e. The molecule has 2 N–H and O–H groups in total. The minimum atomic E-state index is -5.40. The molecule has 0 fully saturated rings. The van der Waals surface area contributed by atoms with Crippen LogP contribution in [0.25, 0.3) is 0 Å². The largest absolute Gasteiger partial charge is 0.479 e. The fourth-order valence-corrected chi connectivity index (χ4v) is 1.70. The van der Waals surface area contributed by atoms with Crippen LogP contribution in [0.5, 0.6) is 0 Å². The number of alkyl halides is 3. The van der Waals surface area contributed by atoms with Gasteiger partial charge >= 0.3 is 12.1 Å². The highest BCUT2D eigenvalue weighted by Crippen LogP contribution is 2.40. The monoisotopic (exact) mass is 288 g/mol. The van der Waals surface area contributed by atoms with Crippen molar-refractivity contribution in [2.45, 2.75) is 11.8 Å². The Morgan fingerprint density at radius 2 is 1.53 bits per heavy atom. The van der Waals surface area contributed by atoms with Crippen LogP contribution in [0.15, 0.2) is 18.2 Å². The first kappa shape index (κ1) is 14.1. The van der Waals surface area contributed by atoms with E-state index in [1.54, 1.807) is 0 Å². The average molecular weight is 289 g/mol. The molecule has 0 bridgehead atoms. The number of aliphatic hydroxyl groups is 1. The molecule has 17 heavy (non-hydrogen) atoms. The highest BCUT2D eigenvalue weighted by atomic mass is 35.5. The van der Waals surface area contributed by atoms with Crippen LogP contribution in [-0.2, 0) is 10.4 Å². The summed E-state index contributed by atoms with van der Waals surface area (Å²) in [6.45, 7) is 0. The maximum atomic E-state index is 12.6. The zero-order chi connectivity index (χ0) is 13.4. The smallest absolute Gasteiger partial charge is 0.432 e. The highest BCUT2D eigenvalue weighted by molar-refractivity contribution is 6.34. The van der Waals surface area contributed by atoms with Crippen molar-refractivity contribution in [1.82, 2.24) is 0 Å². The van der Waals surface area contributed by atoms with Crippen LogP contribution >= 0.6 is 23.2 Å². The van der Waals surface area contributed by atoms with Gasteiger partial charge in [0.05, 0.1) is 0 Å². The van der Waals surface area contributed by atoms with E-state index in [1.165, 1.54) is 0 Å². The van der Waals surface area contributed by atoms with Gasteiger partial charge in [-0.05, 0) is 18.2 Å². The standard InChI is InChI=1S/C9H5Cl2F3O3/c10-5-1-4(2-6(11)3-5)8(17,7(15)16)9(12,13)14/h1-3,17H,(H,15,16)/t8-/m1/s1. The number of hydrogen-bond donors (Lipinski definition) is 2. The third kappa shape index (κ3) is 2.48. The predicted octanol–water partition coefficient (Wildman–Crippen LogP) is 2.83. The number of rotatable bonds is 2. The van der Waals surface area contributed by atoms with Gasteiger partial charge in [-0.25, -0.2) is 4.79 Å². The molecule has 0 aromatic heterocycles. The van der Waals surface area contributed by atoms with Gasteiger partial charge in [0, 0.05) is 15.6 Å². The molecular weight excluding hydrogens is 284 g/mol. The minimum absolute atomic E-state index is 0.212. The Morgan fingerprint density at radius 1 is 1.12 bits per heavy atom. The summed E-state index contributed by atoms with van der Waals surface area (Å²) in [6.07, 6.45) is -5.40. The van der Waals surface area contributed by atoms with Crippen molar-refractivity contribution in [3.63, 3.8) is 0 Å². The highest BCUT2D eigenvalue weighted by Gasteiger charge is 2.61. The molecule has 0 saturated heterocycles. The number of carboxylic acids is 1. The molecule has 1 aromatic carbocycles. The lowest BCUT2D eigenvalue weighted by Gasteiger charge is -2.26. The number of benzene rings is 1. The van der Waals surface area contributed by atoms with E-state index in [2.05, 4.69) is 0 Å². The first-order valence-corrected chi connectivity index (χ1v) is 4.83. The molecule has 94 valence electrons. The number of hydrogen-bond acceptors (Lipinski definition) is 2. The van der Waals surface area contributed by atoms with Crippen LogP contribution in [0.2, 0.25) is 10.0 Å². The van der Waals surface area contributed by atoms with E-state index in [-0.39, 0.29) is 10.0 Å². The molecule has 8 heteroatoms. The Morgan fingerprint density at radius 3 is 1.82 bits per heavy atom. The second-order valence-corrected chi connectivity index (χ2v) is 4.04. The van der Waals surface area contributed by atoms with Gasteiger partial charge in [-0.1, -0.05) is 23.2 Å². The molecule has 0 unspecified atom stereocenters. The lowest BCUT2D eigenvalue weighted by molar-refractivity contribution is -0.265. The Labute approximate surface area is 103 Å². The van der Waals surface area contributed by atoms with E-state index in [0.717, 1.165) is 6.07 Å². The number of aliphatic carboxylic acids is 1. The van der Waals surface area contributed by atoms with Crippen molar-refractivity contribution < 1.29 is 28.2 Å². The molecule has 3 nitrogen and oxygen atoms in total. The quantitative estimate of drug-likeness (QED) is 0.880. The maximum Gasteiger partial charge on any atom is 0.432 e. The second-order valence-electron chi connectivity index (χ2n) is 3.17. The summed E-state index contributed by atoms with van der Waals surface area (Å²) >= 11 is 10.9. The van der Waals surface area contributed by atoms with Crippen LogP contribution < -0.4 is 0 Å². The molecule has 0 radical (unpaired) electrons. The van der Waals surface area contributed by atoms with E-state index >= 15 is 0 Å². The Hall–Kier alpha value is -0.980. The molecule has 0 aliphatic heterocycles. The fourth-order valence-electron chi connectivity index (χ4n) is 1.17. The summed E-state index contributed by atoms with van der Waals surface area (Å²) in [5, 5.41) is 17.4. The molecule has 1 atom stereocenters. The molecule has 1 rings (SSSR count). The lowest BCUT2D eigenvalue weighted by atomic mass is 9.93. The third-order valence-electron chi connectivity index (χ3n) is 2.00. The van der Waals surface area contributed by atoms with Gasteiger partial charge in [-0.3, -0.25) is 0 Å². The van der Waals surface area contributed by atoms with Crippen molar-refractivity contribution in [2.75, 3.05) is 0 Å². The van der Waals surface area contributed by atoms with Gasteiger partial charge < -0.3 is 10.2 Å². The lowest BCUT2D eigenvalue weighted by Crippen LogP contribution is -2.49. The maximum absolute atomic E-state index is 12.6. The summed E-state index contributed by atoms with van der Waals surface area (Å²) < 4.78 is 37.8. The summed E-state index contributed by atoms with van der Waals surface area (Å²) in [5.74, 6) is -2.46. The number of carboxylic acid groups (broad SMARTS) is 1. The number of carbonyl (C=O) groups is 1. The average Bonchev–Trinajstić information content (AvgIpc) is 2.12. The molecular formula is C9H5Cl2F3O3. The van der Waals surface area contributed by atoms with E-state index in [0.29, 0.717) is 12.1 Å². The molecule has 0 saturated carbocycles. The molecule has 0 spiro atoms. The van der Waals surface area contributed by atoms with Crippen molar-refractivity contribution in [2.24, 2.45) is 0 Å². The second kappa shape index (κ2) is 4.36. The SMILES string of the molecule is O=C(O)[C@](O)(c1cc(Cl)cc(Cl)c1)C(F)(F)F. The normalized spacial score (nSPS) is 15.4. The third-order valence-corrected chi connectivity index (χ3v) is 2.44. The van der Waals surface area contributed by atoms with Crippen LogP contribution in [0.1, 0.15) is 5.56 Å². The number of halogens is 5. The zero-order valence-corrected chi connectivity index (χ0v) is 9.44. The van der Waals surface area contributed by atoms with Crippen LogP contribution in [0.4, 0.5) is 13.2 Å². The van der Waals surface area contributed by atoms with Crippen molar-refractivity contribution in [3.05, 3.63) is 33.8 Å². The van der Waals surface area contributed by atoms with Gasteiger partial charge in [-0.15, -0.1) is 0 Å². The van der Waals surface area contributed by atoms with E-state index in [1.807, 2.05) is 0 Å². The summed E-state index contributed by atoms with van der Waals surface area (Å²) in [7, 11) is 0. The molecule has 1 aromatic rings.